The smallest absolute Gasteiger partial charge is 0.236 e. The summed E-state index contributed by atoms with van der Waals surface area (Å²) in [7, 11) is 1.79. The van der Waals surface area contributed by atoms with Gasteiger partial charge in [0.15, 0.2) is 0 Å². The zero-order valence-electron chi connectivity index (χ0n) is 12.8. The van der Waals surface area contributed by atoms with Crippen molar-refractivity contribution in [1.29, 1.82) is 0 Å². The molecule has 1 amide bonds. The lowest BCUT2D eigenvalue weighted by molar-refractivity contribution is -0.132. The van der Waals surface area contributed by atoms with Gasteiger partial charge in [0, 0.05) is 30.2 Å². The number of likely N-dealkylation sites (tertiary alicyclic amines) is 1. The van der Waals surface area contributed by atoms with Crippen LogP contribution in [0.2, 0.25) is 10.0 Å². The van der Waals surface area contributed by atoms with Gasteiger partial charge in [-0.05, 0) is 55.6 Å². The number of benzene rings is 1. The summed E-state index contributed by atoms with van der Waals surface area (Å²) >= 11 is 12.0. The first-order valence-electron chi connectivity index (χ1n) is 7.50. The second-order valence-electron chi connectivity index (χ2n) is 5.93. The number of carbonyl (C=O) groups excluding carboxylic acids is 1. The van der Waals surface area contributed by atoms with E-state index in [9.17, 15) is 4.79 Å². The van der Waals surface area contributed by atoms with E-state index >= 15 is 0 Å². The summed E-state index contributed by atoms with van der Waals surface area (Å²) in [6.45, 7) is 2.90. The summed E-state index contributed by atoms with van der Waals surface area (Å²) in [5.74, 6) is 0.469. The van der Waals surface area contributed by atoms with E-state index in [2.05, 4.69) is 4.90 Å². The molecule has 0 atom stereocenters. The quantitative estimate of drug-likeness (QED) is 0.892. The number of rotatable bonds is 5. The van der Waals surface area contributed by atoms with Gasteiger partial charge in [-0.3, -0.25) is 9.69 Å². The number of aliphatic hydroxyl groups excluding tert-OH is 1. The Bertz CT molecular complexity index is 497. The Balaban J connectivity index is 1.84. The molecule has 1 aliphatic rings. The first kappa shape index (κ1) is 17.5. The van der Waals surface area contributed by atoms with E-state index in [0.717, 1.165) is 31.5 Å². The van der Waals surface area contributed by atoms with Crippen LogP contribution in [0.15, 0.2) is 18.2 Å². The maximum absolute atomic E-state index is 12.3. The normalized spacial score (nSPS) is 16.7. The van der Waals surface area contributed by atoms with Crippen molar-refractivity contribution in [2.75, 3.05) is 33.3 Å². The van der Waals surface area contributed by atoms with Crippen molar-refractivity contribution in [3.8, 4) is 0 Å². The summed E-state index contributed by atoms with van der Waals surface area (Å²) in [4.78, 5) is 16.1. The molecule has 0 aromatic heterocycles. The van der Waals surface area contributed by atoms with Crippen LogP contribution in [0.4, 0.5) is 0 Å². The fourth-order valence-electron chi connectivity index (χ4n) is 2.70. The standard InChI is InChI=1S/C16H22Cl2N2O2/c1-19(9-13-6-14(17)8-15(18)7-13)16(22)10-20-4-2-12(11-21)3-5-20/h6-8,12,21H,2-5,9-11H2,1H3. The van der Waals surface area contributed by atoms with E-state index in [1.54, 1.807) is 18.0 Å². The van der Waals surface area contributed by atoms with Gasteiger partial charge in [0.05, 0.1) is 6.54 Å². The largest absolute Gasteiger partial charge is 0.396 e. The summed E-state index contributed by atoms with van der Waals surface area (Å²) < 4.78 is 0. The molecule has 1 heterocycles. The molecule has 1 saturated heterocycles. The van der Waals surface area contributed by atoms with E-state index in [1.807, 2.05) is 12.1 Å². The van der Waals surface area contributed by atoms with Crippen LogP contribution in [0.1, 0.15) is 18.4 Å². The highest BCUT2D eigenvalue weighted by Crippen LogP contribution is 2.20. The van der Waals surface area contributed by atoms with Crippen LogP contribution in [0, 0.1) is 5.92 Å². The van der Waals surface area contributed by atoms with Gasteiger partial charge in [0.2, 0.25) is 5.91 Å². The molecule has 22 heavy (non-hydrogen) atoms. The molecule has 1 aromatic carbocycles. The summed E-state index contributed by atoms with van der Waals surface area (Å²) in [6.07, 6.45) is 1.91. The molecule has 0 radical (unpaired) electrons. The van der Waals surface area contributed by atoms with E-state index in [4.69, 9.17) is 28.3 Å². The molecule has 0 spiro atoms. The van der Waals surface area contributed by atoms with Crippen molar-refractivity contribution in [1.82, 2.24) is 9.80 Å². The number of aliphatic hydroxyl groups is 1. The third-order valence-electron chi connectivity index (χ3n) is 4.09. The number of halogens is 2. The molecule has 1 N–H and O–H groups in total. The van der Waals surface area contributed by atoms with E-state index < -0.39 is 0 Å². The SMILES string of the molecule is CN(Cc1cc(Cl)cc(Cl)c1)C(=O)CN1CCC(CO)CC1. The van der Waals surface area contributed by atoms with Gasteiger partial charge in [0.1, 0.15) is 0 Å². The third kappa shape index (κ3) is 5.13. The molecule has 1 aromatic rings. The van der Waals surface area contributed by atoms with Crippen molar-refractivity contribution >= 4 is 29.1 Å². The molecule has 0 aliphatic carbocycles. The van der Waals surface area contributed by atoms with Crippen molar-refractivity contribution in [2.24, 2.45) is 5.92 Å². The van der Waals surface area contributed by atoms with Crippen LogP contribution in [0.3, 0.4) is 0 Å². The molecule has 4 nitrogen and oxygen atoms in total. The van der Waals surface area contributed by atoms with Crippen LogP contribution >= 0.6 is 23.2 Å². The minimum absolute atomic E-state index is 0.0820. The van der Waals surface area contributed by atoms with Crippen LogP contribution in [0.25, 0.3) is 0 Å². The Morgan fingerprint density at radius 2 is 1.86 bits per heavy atom. The fraction of sp³-hybridized carbons (Fsp3) is 0.562. The van der Waals surface area contributed by atoms with Gasteiger partial charge in [-0.1, -0.05) is 23.2 Å². The molecule has 1 aliphatic heterocycles. The third-order valence-corrected chi connectivity index (χ3v) is 4.53. The predicted molar refractivity (Wildman–Crippen MR) is 89.2 cm³/mol. The zero-order valence-corrected chi connectivity index (χ0v) is 14.3. The lowest BCUT2D eigenvalue weighted by Crippen LogP contribution is -2.42. The number of amides is 1. The lowest BCUT2D eigenvalue weighted by atomic mass is 9.98. The molecule has 0 bridgehead atoms. The lowest BCUT2D eigenvalue weighted by Gasteiger charge is -2.31. The zero-order chi connectivity index (χ0) is 16.1. The Hall–Kier alpha value is -0.810. The van der Waals surface area contributed by atoms with E-state index in [-0.39, 0.29) is 12.5 Å². The second-order valence-corrected chi connectivity index (χ2v) is 6.80. The van der Waals surface area contributed by atoms with Gasteiger partial charge < -0.3 is 10.0 Å². The van der Waals surface area contributed by atoms with Gasteiger partial charge in [-0.25, -0.2) is 0 Å². The maximum Gasteiger partial charge on any atom is 0.236 e. The molecular formula is C16H22Cl2N2O2. The number of likely N-dealkylation sites (N-methyl/N-ethyl adjacent to an activating group) is 1. The topological polar surface area (TPSA) is 43.8 Å². The van der Waals surface area contributed by atoms with Crippen LogP contribution < -0.4 is 0 Å². The fourth-order valence-corrected chi connectivity index (χ4v) is 3.27. The Morgan fingerprint density at radius 3 is 2.41 bits per heavy atom. The molecular weight excluding hydrogens is 323 g/mol. The number of piperidine rings is 1. The van der Waals surface area contributed by atoms with Crippen molar-refractivity contribution in [3.63, 3.8) is 0 Å². The highest BCUT2D eigenvalue weighted by molar-refractivity contribution is 6.34. The molecule has 2 rings (SSSR count). The number of carbonyl (C=O) groups is 1. The van der Waals surface area contributed by atoms with Crippen LogP contribution in [-0.4, -0.2) is 54.1 Å². The predicted octanol–water partition coefficient (Wildman–Crippen LogP) is 2.66. The summed E-state index contributed by atoms with van der Waals surface area (Å²) in [5.41, 5.74) is 0.923. The number of hydrogen-bond donors (Lipinski definition) is 1. The van der Waals surface area contributed by atoms with Gasteiger partial charge in [0.25, 0.3) is 0 Å². The maximum atomic E-state index is 12.3. The first-order valence-corrected chi connectivity index (χ1v) is 8.25. The monoisotopic (exact) mass is 344 g/mol. The Kier molecular flexibility index (Phi) is 6.50. The van der Waals surface area contributed by atoms with Gasteiger partial charge in [-0.2, -0.15) is 0 Å². The van der Waals surface area contributed by atoms with Crippen molar-refractivity contribution in [2.45, 2.75) is 19.4 Å². The van der Waals surface area contributed by atoms with Gasteiger partial charge in [-0.15, -0.1) is 0 Å². The molecule has 0 unspecified atom stereocenters. The van der Waals surface area contributed by atoms with Crippen LogP contribution in [0.5, 0.6) is 0 Å². The average molecular weight is 345 g/mol. The van der Waals surface area contributed by atoms with E-state index in [0.29, 0.717) is 29.1 Å². The van der Waals surface area contributed by atoms with Crippen molar-refractivity contribution in [3.05, 3.63) is 33.8 Å². The Labute approximate surface area is 141 Å². The minimum Gasteiger partial charge on any atom is -0.396 e. The molecule has 122 valence electrons. The molecule has 0 saturated carbocycles. The highest BCUT2D eigenvalue weighted by Gasteiger charge is 2.21. The van der Waals surface area contributed by atoms with Crippen molar-refractivity contribution < 1.29 is 9.90 Å². The van der Waals surface area contributed by atoms with Crippen LogP contribution in [-0.2, 0) is 11.3 Å². The van der Waals surface area contributed by atoms with E-state index in [1.165, 1.54) is 0 Å². The minimum atomic E-state index is 0.0820. The summed E-state index contributed by atoms with van der Waals surface area (Å²) in [5, 5.41) is 10.3. The molecule has 1 fully saturated rings. The molecule has 6 heteroatoms. The average Bonchev–Trinajstić information content (AvgIpc) is 2.46. The van der Waals surface area contributed by atoms with Gasteiger partial charge >= 0.3 is 0 Å². The summed E-state index contributed by atoms with van der Waals surface area (Å²) in [6, 6.07) is 5.33. The number of nitrogens with zero attached hydrogens (tertiary/aromatic N) is 2. The first-order chi connectivity index (χ1) is 10.5. The Morgan fingerprint density at radius 1 is 1.27 bits per heavy atom. The highest BCUT2D eigenvalue weighted by atomic mass is 35.5. The number of hydrogen-bond acceptors (Lipinski definition) is 3. The second kappa shape index (κ2) is 8.16.